The van der Waals surface area contributed by atoms with E-state index < -0.39 is 17.8 Å². The first-order chi connectivity index (χ1) is 15.5. The highest BCUT2D eigenvalue weighted by Gasteiger charge is 2.12. The Morgan fingerprint density at radius 1 is 0.906 bits per heavy atom. The van der Waals surface area contributed by atoms with Crippen molar-refractivity contribution in [2.75, 3.05) is 13.2 Å². The monoisotopic (exact) mass is 440 g/mol. The number of nitrogens with one attached hydrogen (secondary N) is 2. The minimum atomic E-state index is -0.485. The molecule has 0 spiro atoms. The van der Waals surface area contributed by atoms with Crippen LogP contribution in [0.15, 0.2) is 54.6 Å². The normalized spacial score (nSPS) is 11.3. The van der Waals surface area contributed by atoms with E-state index in [9.17, 15) is 14.4 Å². The van der Waals surface area contributed by atoms with Crippen LogP contribution in [-0.2, 0) is 25.5 Å². The van der Waals surface area contributed by atoms with Crippen LogP contribution in [0.25, 0.3) is 0 Å². The third-order valence-corrected chi connectivity index (χ3v) is 5.03. The van der Waals surface area contributed by atoms with E-state index in [1.807, 2.05) is 54.6 Å². The molecule has 0 bridgehead atoms. The summed E-state index contributed by atoms with van der Waals surface area (Å²) < 4.78 is 10.7. The Bertz CT molecular complexity index is 870. The molecule has 0 saturated carbocycles. The molecule has 1 unspecified atom stereocenters. The summed E-state index contributed by atoms with van der Waals surface area (Å²) in [6.07, 6.45) is 2.38. The average Bonchev–Trinajstić information content (AvgIpc) is 2.83. The number of rotatable bonds is 12. The van der Waals surface area contributed by atoms with Gasteiger partial charge in [0.1, 0.15) is 5.75 Å². The molecule has 0 aliphatic carbocycles. The number of para-hydroxylation sites is 1. The highest BCUT2D eigenvalue weighted by atomic mass is 16.5. The fraction of sp³-hybridized carbons (Fsp3) is 0.400. The molecule has 0 aliphatic rings. The van der Waals surface area contributed by atoms with E-state index >= 15 is 0 Å². The lowest BCUT2D eigenvalue weighted by Crippen LogP contribution is -2.43. The van der Waals surface area contributed by atoms with E-state index in [0.717, 1.165) is 24.8 Å². The van der Waals surface area contributed by atoms with E-state index in [-0.39, 0.29) is 19.4 Å². The summed E-state index contributed by atoms with van der Waals surface area (Å²) in [6.45, 7) is 4.26. The zero-order chi connectivity index (χ0) is 23.2. The predicted octanol–water partition coefficient (Wildman–Crippen LogP) is 3.68. The van der Waals surface area contributed by atoms with Gasteiger partial charge in [-0.1, -0.05) is 62.4 Å². The molecule has 2 N–H and O–H groups in total. The van der Waals surface area contributed by atoms with Crippen molar-refractivity contribution in [1.29, 1.82) is 0 Å². The lowest BCUT2D eigenvalue weighted by Gasteiger charge is -2.15. The van der Waals surface area contributed by atoms with Gasteiger partial charge in [-0.3, -0.25) is 25.2 Å². The molecule has 2 rings (SSSR count). The number of hydrazine groups is 1. The second-order valence-corrected chi connectivity index (χ2v) is 7.54. The molecule has 0 radical (unpaired) electrons. The van der Waals surface area contributed by atoms with E-state index in [1.165, 1.54) is 5.56 Å². The van der Waals surface area contributed by atoms with Crippen molar-refractivity contribution in [1.82, 2.24) is 10.9 Å². The van der Waals surface area contributed by atoms with Gasteiger partial charge in [-0.15, -0.1) is 0 Å². The molecule has 0 aromatic heterocycles. The maximum absolute atomic E-state index is 12.0. The van der Waals surface area contributed by atoms with Crippen LogP contribution in [-0.4, -0.2) is 31.0 Å². The second-order valence-electron chi connectivity index (χ2n) is 7.54. The first-order valence-corrected chi connectivity index (χ1v) is 11.0. The minimum absolute atomic E-state index is 0.0498. The second kappa shape index (κ2) is 13.9. The summed E-state index contributed by atoms with van der Waals surface area (Å²) >= 11 is 0. The molecule has 7 nitrogen and oxygen atoms in total. The molecular formula is C25H32N2O5. The molecule has 2 amide bonds. The van der Waals surface area contributed by atoms with E-state index in [1.54, 1.807) is 0 Å². The van der Waals surface area contributed by atoms with E-state index in [2.05, 4.69) is 24.7 Å². The Morgan fingerprint density at radius 3 is 2.34 bits per heavy atom. The maximum atomic E-state index is 12.0. The number of amides is 2. The Morgan fingerprint density at radius 2 is 1.59 bits per heavy atom. The number of ether oxygens (including phenoxy) is 2. The first kappa shape index (κ1) is 24.9. The van der Waals surface area contributed by atoms with Gasteiger partial charge in [-0.2, -0.15) is 0 Å². The Labute approximate surface area is 189 Å². The van der Waals surface area contributed by atoms with Crippen molar-refractivity contribution in [2.45, 2.75) is 51.9 Å². The number of benzene rings is 2. The van der Waals surface area contributed by atoms with Gasteiger partial charge in [0.25, 0.3) is 5.91 Å². The van der Waals surface area contributed by atoms with Gasteiger partial charge in [-0.25, -0.2) is 0 Å². The average molecular weight is 441 g/mol. The van der Waals surface area contributed by atoms with Crippen LogP contribution in [0.4, 0.5) is 0 Å². The van der Waals surface area contributed by atoms with E-state index in [0.29, 0.717) is 18.3 Å². The molecule has 2 aromatic rings. The number of hydrogen-bond acceptors (Lipinski definition) is 5. The summed E-state index contributed by atoms with van der Waals surface area (Å²) in [6, 6.07) is 17.5. The smallest absolute Gasteiger partial charge is 0.306 e. The van der Waals surface area contributed by atoms with Crippen molar-refractivity contribution < 1.29 is 23.9 Å². The molecule has 2 aromatic carbocycles. The molecular weight excluding hydrogens is 408 g/mol. The quantitative estimate of drug-likeness (QED) is 0.298. The Kier molecular flexibility index (Phi) is 10.8. The maximum Gasteiger partial charge on any atom is 0.306 e. The van der Waals surface area contributed by atoms with Gasteiger partial charge in [0.15, 0.2) is 6.61 Å². The van der Waals surface area contributed by atoms with Crippen LogP contribution in [0.1, 0.15) is 56.6 Å². The molecule has 7 heteroatoms. The summed E-state index contributed by atoms with van der Waals surface area (Å²) in [4.78, 5) is 35.6. The summed E-state index contributed by atoms with van der Waals surface area (Å²) in [5.41, 5.74) is 6.80. The van der Waals surface area contributed by atoms with Crippen LogP contribution in [0, 0.1) is 0 Å². The minimum Gasteiger partial charge on any atom is -0.483 e. The van der Waals surface area contributed by atoms with Crippen molar-refractivity contribution in [2.24, 2.45) is 0 Å². The van der Waals surface area contributed by atoms with Crippen molar-refractivity contribution in [3.63, 3.8) is 0 Å². The standard InChI is InChI=1S/C25H32N2O5/c1-3-19(2)21-13-7-8-14-22(21)32-18-24(29)27-26-23(28)15-16-25(30)31-17-9-12-20-10-5-4-6-11-20/h4-8,10-11,13-14,19H,3,9,12,15-18H2,1-2H3,(H,26,28)(H,27,29). The number of carbonyl (C=O) groups excluding carboxylic acids is 3. The van der Waals surface area contributed by atoms with Crippen LogP contribution >= 0.6 is 0 Å². The molecule has 0 fully saturated rings. The number of esters is 1. The zero-order valence-electron chi connectivity index (χ0n) is 18.8. The fourth-order valence-electron chi connectivity index (χ4n) is 3.02. The van der Waals surface area contributed by atoms with Crippen LogP contribution < -0.4 is 15.6 Å². The van der Waals surface area contributed by atoms with Gasteiger partial charge in [0, 0.05) is 6.42 Å². The molecule has 0 saturated heterocycles. The predicted molar refractivity (Wildman–Crippen MR) is 122 cm³/mol. The molecule has 172 valence electrons. The van der Waals surface area contributed by atoms with Crippen molar-refractivity contribution in [3.8, 4) is 5.75 Å². The van der Waals surface area contributed by atoms with Gasteiger partial charge < -0.3 is 9.47 Å². The topological polar surface area (TPSA) is 93.7 Å². The van der Waals surface area contributed by atoms with Crippen molar-refractivity contribution in [3.05, 3.63) is 65.7 Å². The highest BCUT2D eigenvalue weighted by Crippen LogP contribution is 2.28. The number of carbonyl (C=O) groups is 3. The third-order valence-electron chi connectivity index (χ3n) is 5.03. The van der Waals surface area contributed by atoms with Crippen molar-refractivity contribution >= 4 is 17.8 Å². The summed E-state index contributed by atoms with van der Waals surface area (Å²) in [5.74, 6) is -0.435. The third kappa shape index (κ3) is 9.20. The largest absolute Gasteiger partial charge is 0.483 e. The lowest BCUT2D eigenvalue weighted by atomic mass is 9.98. The summed E-state index contributed by atoms with van der Waals surface area (Å²) in [7, 11) is 0. The fourth-order valence-corrected chi connectivity index (χ4v) is 3.02. The van der Waals surface area contributed by atoms with Crippen LogP contribution in [0.5, 0.6) is 5.75 Å². The van der Waals surface area contributed by atoms with Crippen LogP contribution in [0.3, 0.4) is 0 Å². The number of hydrogen-bond donors (Lipinski definition) is 2. The SMILES string of the molecule is CCC(C)c1ccccc1OCC(=O)NNC(=O)CCC(=O)OCCCc1ccccc1. The van der Waals surface area contributed by atoms with Crippen LogP contribution in [0.2, 0.25) is 0 Å². The zero-order valence-corrected chi connectivity index (χ0v) is 18.8. The lowest BCUT2D eigenvalue weighted by molar-refractivity contribution is -0.145. The highest BCUT2D eigenvalue weighted by molar-refractivity contribution is 5.84. The molecule has 0 heterocycles. The van der Waals surface area contributed by atoms with Gasteiger partial charge in [0.05, 0.1) is 13.0 Å². The number of aryl methyl sites for hydroxylation is 1. The Hall–Kier alpha value is -3.35. The molecule has 0 aliphatic heterocycles. The first-order valence-electron chi connectivity index (χ1n) is 11.0. The van der Waals surface area contributed by atoms with Gasteiger partial charge in [0.2, 0.25) is 5.91 Å². The Balaban J connectivity index is 1.58. The van der Waals surface area contributed by atoms with Gasteiger partial charge >= 0.3 is 5.97 Å². The molecule has 32 heavy (non-hydrogen) atoms. The molecule has 1 atom stereocenters. The van der Waals surface area contributed by atoms with E-state index in [4.69, 9.17) is 9.47 Å². The van der Waals surface area contributed by atoms with Gasteiger partial charge in [-0.05, 0) is 42.4 Å². The summed E-state index contributed by atoms with van der Waals surface area (Å²) in [5, 5.41) is 0.